The molecule has 1 aliphatic rings. The van der Waals surface area contributed by atoms with E-state index in [4.69, 9.17) is 0 Å². The van der Waals surface area contributed by atoms with Crippen molar-refractivity contribution >= 4 is 5.78 Å². The summed E-state index contributed by atoms with van der Waals surface area (Å²) in [4.78, 5) is 11.1. The van der Waals surface area contributed by atoms with Crippen LogP contribution in [0.3, 0.4) is 0 Å². The van der Waals surface area contributed by atoms with Gasteiger partial charge in [-0.3, -0.25) is 4.79 Å². The summed E-state index contributed by atoms with van der Waals surface area (Å²) in [6.07, 6.45) is -13.3. The summed E-state index contributed by atoms with van der Waals surface area (Å²) in [6, 6.07) is 0. The van der Waals surface area contributed by atoms with Gasteiger partial charge in [-0.25, -0.2) is 4.39 Å². The molecule has 0 amide bonds. The topological polar surface area (TPSA) is 17.1 Å². The minimum atomic E-state index is -6.14. The Hall–Kier alpha value is -0.820. The molecule has 1 saturated carbocycles. The second kappa shape index (κ2) is 4.13. The van der Waals surface area contributed by atoms with Crippen molar-refractivity contribution in [3.8, 4) is 0 Å². The average molecular weight is 266 g/mol. The van der Waals surface area contributed by atoms with E-state index in [9.17, 15) is 35.5 Å². The first-order valence-electron chi connectivity index (χ1n) is 4.87. The molecule has 100 valence electrons. The van der Waals surface area contributed by atoms with Crippen LogP contribution in [0.1, 0.15) is 25.7 Å². The van der Waals surface area contributed by atoms with Crippen molar-refractivity contribution in [2.24, 2.45) is 5.92 Å². The minimum Gasteiger partial charge on any atom is -0.299 e. The summed E-state index contributed by atoms with van der Waals surface area (Å²) < 4.78 is 87.3. The quantitative estimate of drug-likeness (QED) is 0.663. The molecule has 1 aliphatic carbocycles. The van der Waals surface area contributed by atoms with E-state index < -0.39 is 42.6 Å². The van der Waals surface area contributed by atoms with Crippen LogP contribution in [0.4, 0.5) is 30.7 Å². The van der Waals surface area contributed by atoms with Crippen molar-refractivity contribution in [3.05, 3.63) is 0 Å². The number of alkyl halides is 7. The maximum Gasteiger partial charge on any atom is 0.432 e. The second-order valence-corrected chi connectivity index (χ2v) is 3.97. The Balaban J connectivity index is 3.20. The van der Waals surface area contributed by atoms with Crippen molar-refractivity contribution in [3.63, 3.8) is 0 Å². The third kappa shape index (κ3) is 2.26. The van der Waals surface area contributed by atoms with Crippen molar-refractivity contribution < 1.29 is 35.5 Å². The second-order valence-electron chi connectivity index (χ2n) is 3.97. The van der Waals surface area contributed by atoms with Gasteiger partial charge in [-0.05, 0) is 12.8 Å². The lowest BCUT2D eigenvalue weighted by Crippen LogP contribution is -2.60. The van der Waals surface area contributed by atoms with Gasteiger partial charge in [0, 0.05) is 6.42 Å². The number of carbonyl (C=O) groups is 1. The van der Waals surface area contributed by atoms with Crippen LogP contribution in [0.2, 0.25) is 0 Å². The monoisotopic (exact) mass is 266 g/mol. The number of Topliss-reactive ketones (excluding diaryl/α,β-unsaturated/α-hetero) is 1. The van der Waals surface area contributed by atoms with E-state index in [1.807, 2.05) is 0 Å². The fourth-order valence-corrected chi connectivity index (χ4v) is 1.96. The lowest BCUT2D eigenvalue weighted by Gasteiger charge is -2.37. The fraction of sp³-hybridized carbons (Fsp3) is 0.889. The number of rotatable bonds is 1. The molecule has 1 fully saturated rings. The number of hydrogen-bond donors (Lipinski definition) is 0. The zero-order valence-electron chi connectivity index (χ0n) is 8.46. The SMILES string of the molecule is O=C1CCCCC1C(F)(C(F)(F)F)C(F)(F)F. The predicted molar refractivity (Wildman–Crippen MR) is 42.9 cm³/mol. The summed E-state index contributed by atoms with van der Waals surface area (Å²) >= 11 is 0. The first kappa shape index (κ1) is 14.2. The van der Waals surface area contributed by atoms with E-state index in [2.05, 4.69) is 0 Å². The third-order valence-corrected chi connectivity index (χ3v) is 2.86. The fourth-order valence-electron chi connectivity index (χ4n) is 1.96. The molecular formula is C9H9F7O. The van der Waals surface area contributed by atoms with Crippen LogP contribution < -0.4 is 0 Å². The minimum absolute atomic E-state index is 0.0196. The number of halogens is 7. The Morgan fingerprint density at radius 2 is 1.35 bits per heavy atom. The highest BCUT2D eigenvalue weighted by Crippen LogP contribution is 2.53. The van der Waals surface area contributed by atoms with E-state index in [-0.39, 0.29) is 12.8 Å². The molecule has 0 heterocycles. The summed E-state index contributed by atoms with van der Waals surface area (Å²) in [5.74, 6) is -3.98. The van der Waals surface area contributed by atoms with Crippen LogP contribution in [0.15, 0.2) is 0 Å². The molecule has 0 aromatic carbocycles. The normalized spacial score (nSPS) is 23.9. The van der Waals surface area contributed by atoms with Crippen molar-refractivity contribution in [1.29, 1.82) is 0 Å². The van der Waals surface area contributed by atoms with E-state index in [0.29, 0.717) is 0 Å². The molecule has 1 rings (SSSR count). The lowest BCUT2D eigenvalue weighted by atomic mass is 9.76. The zero-order chi connectivity index (χ0) is 13.5. The summed E-state index contributed by atoms with van der Waals surface area (Å²) in [5.41, 5.74) is -5.43. The first-order valence-corrected chi connectivity index (χ1v) is 4.87. The van der Waals surface area contributed by atoms with Gasteiger partial charge >= 0.3 is 18.0 Å². The summed E-state index contributed by atoms with van der Waals surface area (Å²) in [5, 5.41) is 0. The molecule has 0 bridgehead atoms. The van der Waals surface area contributed by atoms with Gasteiger partial charge in [0.05, 0.1) is 5.92 Å². The molecule has 0 aromatic rings. The van der Waals surface area contributed by atoms with Crippen LogP contribution in [0.25, 0.3) is 0 Å². The van der Waals surface area contributed by atoms with Crippen molar-refractivity contribution in [1.82, 2.24) is 0 Å². The molecule has 1 atom stereocenters. The van der Waals surface area contributed by atoms with Crippen LogP contribution in [-0.2, 0) is 4.79 Å². The van der Waals surface area contributed by atoms with E-state index in [1.165, 1.54) is 0 Å². The predicted octanol–water partition coefficient (Wildman–Crippen LogP) is 3.58. The maximum atomic E-state index is 13.5. The standard InChI is InChI=1S/C9H9F7O/c10-7(8(11,12)13,9(14,15)16)5-3-1-2-4-6(5)17/h5H,1-4H2. The van der Waals surface area contributed by atoms with Gasteiger partial charge in [0.15, 0.2) is 0 Å². The van der Waals surface area contributed by atoms with Crippen molar-refractivity contribution in [2.75, 3.05) is 0 Å². The van der Waals surface area contributed by atoms with Crippen LogP contribution in [0.5, 0.6) is 0 Å². The Bertz CT molecular complexity index is 289. The van der Waals surface area contributed by atoms with Gasteiger partial charge in [-0.15, -0.1) is 0 Å². The molecular weight excluding hydrogens is 257 g/mol. The Morgan fingerprint density at radius 1 is 0.882 bits per heavy atom. The molecule has 0 radical (unpaired) electrons. The van der Waals surface area contributed by atoms with E-state index >= 15 is 0 Å². The van der Waals surface area contributed by atoms with Gasteiger partial charge in [-0.2, -0.15) is 26.3 Å². The molecule has 0 N–H and O–H groups in total. The maximum absolute atomic E-state index is 13.5. The van der Waals surface area contributed by atoms with Crippen LogP contribution in [0, 0.1) is 5.92 Å². The summed E-state index contributed by atoms with van der Waals surface area (Å²) in [6.45, 7) is 0. The Kier molecular flexibility index (Phi) is 3.46. The molecule has 1 unspecified atom stereocenters. The highest BCUT2D eigenvalue weighted by molar-refractivity contribution is 5.83. The van der Waals surface area contributed by atoms with Crippen LogP contribution in [-0.4, -0.2) is 23.8 Å². The third-order valence-electron chi connectivity index (χ3n) is 2.86. The molecule has 1 nitrogen and oxygen atoms in total. The first-order chi connectivity index (χ1) is 7.52. The van der Waals surface area contributed by atoms with Crippen molar-refractivity contribution in [2.45, 2.75) is 43.7 Å². The highest BCUT2D eigenvalue weighted by Gasteiger charge is 2.76. The van der Waals surface area contributed by atoms with Gasteiger partial charge < -0.3 is 0 Å². The van der Waals surface area contributed by atoms with Gasteiger partial charge in [0.2, 0.25) is 0 Å². The zero-order valence-corrected chi connectivity index (χ0v) is 8.46. The molecule has 0 aliphatic heterocycles. The van der Waals surface area contributed by atoms with Gasteiger partial charge in [0.25, 0.3) is 0 Å². The Morgan fingerprint density at radius 3 is 1.71 bits per heavy atom. The highest BCUT2D eigenvalue weighted by atomic mass is 19.4. The molecule has 0 aromatic heterocycles. The Labute approximate surface area is 92.0 Å². The average Bonchev–Trinajstić information content (AvgIpc) is 2.13. The van der Waals surface area contributed by atoms with E-state index in [1.54, 1.807) is 0 Å². The van der Waals surface area contributed by atoms with Crippen LogP contribution >= 0.6 is 0 Å². The molecule has 8 heteroatoms. The number of hydrogen-bond acceptors (Lipinski definition) is 1. The summed E-state index contributed by atoms with van der Waals surface area (Å²) in [7, 11) is 0. The number of ketones is 1. The molecule has 0 spiro atoms. The van der Waals surface area contributed by atoms with Gasteiger partial charge in [0.1, 0.15) is 5.78 Å². The molecule has 17 heavy (non-hydrogen) atoms. The smallest absolute Gasteiger partial charge is 0.299 e. The lowest BCUT2D eigenvalue weighted by molar-refractivity contribution is -0.355. The van der Waals surface area contributed by atoms with E-state index in [0.717, 1.165) is 0 Å². The largest absolute Gasteiger partial charge is 0.432 e. The molecule has 0 saturated heterocycles. The number of carbonyl (C=O) groups excluding carboxylic acids is 1. The van der Waals surface area contributed by atoms with Gasteiger partial charge in [-0.1, -0.05) is 6.42 Å².